The number of aliphatic hydroxyl groups is 1. The van der Waals surface area contributed by atoms with Crippen molar-refractivity contribution < 1.29 is 36.6 Å². The number of hydrogen-bond donors (Lipinski definition) is 4. The molecular weight excluding hydrogens is 530 g/mol. The molecular formula is C23H36F2N4O6S2. The van der Waals surface area contributed by atoms with E-state index in [1.807, 2.05) is 4.72 Å². The van der Waals surface area contributed by atoms with Crippen molar-refractivity contribution >= 4 is 33.7 Å². The fourth-order valence-electron chi connectivity index (χ4n) is 4.14. The predicted octanol–water partition coefficient (Wildman–Crippen LogP) is 3.32. The van der Waals surface area contributed by atoms with Gasteiger partial charge in [0.25, 0.3) is 6.43 Å². The van der Waals surface area contributed by atoms with E-state index < -0.39 is 47.0 Å². The number of hydrogen-bond acceptors (Lipinski definition) is 9. The van der Waals surface area contributed by atoms with E-state index in [1.165, 1.54) is 17.8 Å². The number of thioether (sulfide) groups is 1. The van der Waals surface area contributed by atoms with Gasteiger partial charge in [0.1, 0.15) is 22.5 Å². The Labute approximate surface area is 220 Å². The maximum absolute atomic E-state index is 12.7. The first-order valence-corrected chi connectivity index (χ1v) is 14.7. The third kappa shape index (κ3) is 9.20. The van der Waals surface area contributed by atoms with Crippen LogP contribution in [-0.2, 0) is 19.5 Å². The SMILES string of the molecule is CC(C)(C)OC(=O)N[C@@H](C1CCCCC1)[C@H](O)Nc1cc(SC2COC2)c(S(=O)(=O)NCC(F)F)cn1. The second kappa shape index (κ2) is 12.9. The first kappa shape index (κ1) is 29.8. The van der Waals surface area contributed by atoms with Gasteiger partial charge in [-0.25, -0.2) is 31.7 Å². The zero-order valence-electron chi connectivity index (χ0n) is 21.2. The van der Waals surface area contributed by atoms with Crippen LogP contribution in [0.4, 0.5) is 19.4 Å². The molecule has 1 saturated heterocycles. The normalized spacial score (nSPS) is 19.2. The molecule has 0 unspecified atom stereocenters. The Morgan fingerprint density at radius 1 is 1.27 bits per heavy atom. The fourth-order valence-corrected chi connectivity index (χ4v) is 6.67. The summed E-state index contributed by atoms with van der Waals surface area (Å²) in [6.45, 7) is 5.08. The minimum absolute atomic E-state index is 0.00272. The van der Waals surface area contributed by atoms with Gasteiger partial charge in [0.2, 0.25) is 10.0 Å². The molecule has 2 heterocycles. The number of rotatable bonds is 11. The van der Waals surface area contributed by atoms with E-state index >= 15 is 0 Å². The highest BCUT2D eigenvalue weighted by atomic mass is 32.2. The Bertz CT molecular complexity index is 1010. The molecule has 10 nitrogen and oxygen atoms in total. The third-order valence-corrected chi connectivity index (χ3v) is 8.70. The minimum atomic E-state index is -4.25. The van der Waals surface area contributed by atoms with E-state index in [-0.39, 0.29) is 26.8 Å². The topological polar surface area (TPSA) is 139 Å². The van der Waals surface area contributed by atoms with E-state index in [0.29, 0.717) is 13.2 Å². The summed E-state index contributed by atoms with van der Waals surface area (Å²) in [5, 5.41) is 16.8. The van der Waals surface area contributed by atoms with Crippen LogP contribution in [-0.4, -0.2) is 73.9 Å². The summed E-state index contributed by atoms with van der Waals surface area (Å²) in [5.41, 5.74) is -0.710. The molecule has 4 N–H and O–H groups in total. The molecule has 1 aliphatic carbocycles. The molecule has 2 atom stereocenters. The van der Waals surface area contributed by atoms with Gasteiger partial charge >= 0.3 is 6.09 Å². The molecule has 0 bridgehead atoms. The molecule has 2 aliphatic rings. The maximum atomic E-state index is 12.7. The highest BCUT2D eigenvalue weighted by molar-refractivity contribution is 8.00. The van der Waals surface area contributed by atoms with Crippen molar-refractivity contribution in [2.45, 2.75) is 92.2 Å². The average Bonchev–Trinajstić information content (AvgIpc) is 2.78. The van der Waals surface area contributed by atoms with Crippen LogP contribution < -0.4 is 15.4 Å². The highest BCUT2D eigenvalue weighted by Crippen LogP contribution is 2.35. The standard InChI is InChI=1S/C23H36F2N4O6S2/c1-23(2,3)35-22(31)29-20(14-7-5-4-6-8-14)21(30)28-19-9-16(36-15-12-34-13-15)17(10-26-19)37(32,33)27-11-18(24)25/h9-10,14-15,18,20-21,27,30H,4-8,11-13H2,1-3H3,(H,26,28)(H,29,31)/t20-,21-/m0/s1. The van der Waals surface area contributed by atoms with Crippen molar-refractivity contribution in [3.63, 3.8) is 0 Å². The van der Waals surface area contributed by atoms with E-state index in [9.17, 15) is 27.1 Å². The zero-order valence-corrected chi connectivity index (χ0v) is 22.8. The van der Waals surface area contributed by atoms with Gasteiger partial charge in [0.15, 0.2) is 0 Å². The second-order valence-electron chi connectivity index (χ2n) is 10.2. The van der Waals surface area contributed by atoms with Crippen LogP contribution in [0.1, 0.15) is 52.9 Å². The number of nitrogens with zero attached hydrogens (tertiary/aromatic N) is 1. The van der Waals surface area contributed by atoms with E-state index in [4.69, 9.17) is 9.47 Å². The van der Waals surface area contributed by atoms with Crippen LogP contribution in [0.5, 0.6) is 0 Å². The van der Waals surface area contributed by atoms with Gasteiger partial charge in [0.05, 0.1) is 37.2 Å². The quantitative estimate of drug-likeness (QED) is 0.297. The van der Waals surface area contributed by atoms with Gasteiger partial charge in [0, 0.05) is 4.90 Å². The van der Waals surface area contributed by atoms with Crippen molar-refractivity contribution in [2.75, 3.05) is 25.1 Å². The highest BCUT2D eigenvalue weighted by Gasteiger charge is 2.33. The molecule has 1 aromatic rings. The Morgan fingerprint density at radius 2 is 1.95 bits per heavy atom. The number of amides is 1. The first-order valence-electron chi connectivity index (χ1n) is 12.3. The summed E-state index contributed by atoms with van der Waals surface area (Å²) >= 11 is 1.23. The number of aromatic nitrogens is 1. The number of anilines is 1. The lowest BCUT2D eigenvalue weighted by atomic mass is 9.83. The molecule has 210 valence electrons. The van der Waals surface area contributed by atoms with Gasteiger partial charge in [-0.2, -0.15) is 0 Å². The minimum Gasteiger partial charge on any atom is -0.444 e. The van der Waals surface area contributed by atoms with Crippen molar-refractivity contribution in [1.29, 1.82) is 0 Å². The van der Waals surface area contributed by atoms with Gasteiger partial charge in [-0.15, -0.1) is 11.8 Å². The van der Waals surface area contributed by atoms with Crippen molar-refractivity contribution in [1.82, 2.24) is 15.0 Å². The number of nitrogens with one attached hydrogen (secondary N) is 3. The van der Waals surface area contributed by atoms with Crippen LogP contribution in [0, 0.1) is 5.92 Å². The molecule has 14 heteroatoms. The Hall–Kier alpha value is -1.74. The molecule has 1 aromatic heterocycles. The molecule has 0 spiro atoms. The monoisotopic (exact) mass is 566 g/mol. The van der Waals surface area contributed by atoms with Crippen molar-refractivity contribution in [2.24, 2.45) is 5.92 Å². The number of sulfonamides is 1. The molecule has 1 aliphatic heterocycles. The number of carbonyl (C=O) groups excluding carboxylic acids is 1. The number of alkyl carbamates (subject to hydrolysis) is 1. The van der Waals surface area contributed by atoms with Gasteiger partial charge in [-0.05, 0) is 45.6 Å². The molecule has 2 fully saturated rings. The van der Waals surface area contributed by atoms with Gasteiger partial charge in [-0.1, -0.05) is 19.3 Å². The molecule has 0 radical (unpaired) electrons. The van der Waals surface area contributed by atoms with Crippen LogP contribution in [0.3, 0.4) is 0 Å². The number of ether oxygens (including phenoxy) is 2. The molecule has 3 rings (SSSR count). The average molecular weight is 567 g/mol. The Kier molecular flexibility index (Phi) is 10.4. The van der Waals surface area contributed by atoms with Crippen LogP contribution in [0.15, 0.2) is 22.1 Å². The Morgan fingerprint density at radius 3 is 2.51 bits per heavy atom. The van der Waals surface area contributed by atoms with E-state index in [0.717, 1.165) is 38.3 Å². The number of aliphatic hydroxyl groups excluding tert-OH is 1. The first-order chi connectivity index (χ1) is 17.3. The third-order valence-electron chi connectivity index (χ3n) is 5.93. The van der Waals surface area contributed by atoms with Crippen molar-refractivity contribution in [3.8, 4) is 0 Å². The second-order valence-corrected chi connectivity index (χ2v) is 13.3. The van der Waals surface area contributed by atoms with E-state index in [1.54, 1.807) is 20.8 Å². The van der Waals surface area contributed by atoms with Crippen LogP contribution in [0.2, 0.25) is 0 Å². The lowest BCUT2D eigenvalue weighted by molar-refractivity contribution is 0.0366. The van der Waals surface area contributed by atoms with E-state index in [2.05, 4.69) is 15.6 Å². The number of alkyl halides is 2. The lowest BCUT2D eigenvalue weighted by Crippen LogP contribution is -2.52. The fraction of sp³-hybridized carbons (Fsp3) is 0.739. The Balaban J connectivity index is 1.81. The molecule has 37 heavy (non-hydrogen) atoms. The zero-order chi connectivity index (χ0) is 27.2. The van der Waals surface area contributed by atoms with Gasteiger partial charge < -0.3 is 25.2 Å². The summed E-state index contributed by atoms with van der Waals surface area (Å²) in [4.78, 5) is 16.7. The maximum Gasteiger partial charge on any atom is 0.408 e. The summed E-state index contributed by atoms with van der Waals surface area (Å²) in [6, 6.07) is 0.776. The van der Waals surface area contributed by atoms with Crippen molar-refractivity contribution in [3.05, 3.63) is 12.3 Å². The molecule has 1 amide bonds. The number of halogens is 2. The summed E-state index contributed by atoms with van der Waals surface area (Å²) in [5.74, 6) is 0.179. The molecule has 1 saturated carbocycles. The lowest BCUT2D eigenvalue weighted by Gasteiger charge is -2.35. The summed E-state index contributed by atoms with van der Waals surface area (Å²) in [7, 11) is -4.25. The smallest absolute Gasteiger partial charge is 0.408 e. The molecule has 0 aromatic carbocycles. The summed E-state index contributed by atoms with van der Waals surface area (Å²) < 4.78 is 63.0. The number of carbonyl (C=O) groups is 1. The van der Waals surface area contributed by atoms with Crippen LogP contribution >= 0.6 is 11.8 Å². The predicted molar refractivity (Wildman–Crippen MR) is 135 cm³/mol. The van der Waals surface area contributed by atoms with Crippen LogP contribution in [0.25, 0.3) is 0 Å². The summed E-state index contributed by atoms with van der Waals surface area (Å²) in [6.07, 6.45) is 1.02. The van der Waals surface area contributed by atoms with Gasteiger partial charge in [-0.3, -0.25) is 0 Å². The largest absolute Gasteiger partial charge is 0.444 e. The number of pyridine rings is 1.